The molecule has 1 amide bonds. The van der Waals surface area contributed by atoms with E-state index in [1.54, 1.807) is 49.5 Å². The van der Waals surface area contributed by atoms with E-state index in [0.29, 0.717) is 42.9 Å². The number of carbonyl (C=O) groups excluding carboxylic acids is 1. The van der Waals surface area contributed by atoms with E-state index in [4.69, 9.17) is 0 Å². The molecule has 5 rings (SSSR count). The largest absolute Gasteiger partial charge is 0.368 e. The number of rotatable bonds is 6. The average Bonchev–Trinajstić information content (AvgIpc) is 3.49. The second-order valence-corrected chi connectivity index (χ2v) is 11.1. The minimum atomic E-state index is -3.76. The van der Waals surface area contributed by atoms with Gasteiger partial charge in [0.2, 0.25) is 11.0 Å². The number of aryl methyl sites for hydroxylation is 1. The van der Waals surface area contributed by atoms with E-state index in [9.17, 15) is 17.6 Å². The van der Waals surface area contributed by atoms with Gasteiger partial charge >= 0.3 is 0 Å². The Morgan fingerprint density at radius 1 is 1.08 bits per heavy atom. The number of piperazine rings is 1. The zero-order chi connectivity index (χ0) is 25.4. The molecule has 3 heterocycles. The van der Waals surface area contributed by atoms with Crippen molar-refractivity contribution in [1.29, 1.82) is 0 Å². The van der Waals surface area contributed by atoms with Gasteiger partial charge in [0.05, 0.1) is 10.4 Å². The molecule has 1 aliphatic rings. The van der Waals surface area contributed by atoms with Crippen LogP contribution in [0.25, 0.3) is 10.9 Å². The molecule has 2 aromatic heterocycles. The zero-order valence-electron chi connectivity index (χ0n) is 19.8. The van der Waals surface area contributed by atoms with Crippen LogP contribution in [0.1, 0.15) is 18.8 Å². The fourth-order valence-electron chi connectivity index (χ4n) is 4.41. The van der Waals surface area contributed by atoms with Gasteiger partial charge in [-0.3, -0.25) is 9.52 Å². The van der Waals surface area contributed by atoms with Crippen LogP contribution < -0.4 is 9.62 Å². The van der Waals surface area contributed by atoms with Gasteiger partial charge in [-0.25, -0.2) is 17.8 Å². The highest BCUT2D eigenvalue weighted by Crippen LogP contribution is 2.25. The summed E-state index contributed by atoms with van der Waals surface area (Å²) in [7, 11) is -3.76. The first-order chi connectivity index (χ1) is 17.2. The Kier molecular flexibility index (Phi) is 6.39. The first-order valence-electron chi connectivity index (χ1n) is 11.4. The number of anilines is 2. The SMILES string of the molecule is Cc1nsc(NS(=O)(=O)c2ccc(N3CCN(C(=O)[C@H](C)n4ccc5c(F)cccc54)CC3)cc2)n1. The number of hydrogen-bond donors (Lipinski definition) is 1. The van der Waals surface area contributed by atoms with Crippen molar-refractivity contribution in [2.24, 2.45) is 0 Å². The molecule has 0 spiro atoms. The first-order valence-corrected chi connectivity index (χ1v) is 13.7. The highest BCUT2D eigenvalue weighted by Gasteiger charge is 2.27. The number of nitrogens with one attached hydrogen (secondary N) is 1. The highest BCUT2D eigenvalue weighted by atomic mass is 32.2. The lowest BCUT2D eigenvalue weighted by atomic mass is 10.2. The topological polar surface area (TPSA) is 100 Å². The van der Waals surface area contributed by atoms with Crippen LogP contribution in [0.5, 0.6) is 0 Å². The number of aromatic nitrogens is 3. The van der Waals surface area contributed by atoms with Crippen LogP contribution in [0.3, 0.4) is 0 Å². The summed E-state index contributed by atoms with van der Waals surface area (Å²) in [5, 5.41) is 0.728. The molecule has 1 N–H and O–H groups in total. The lowest BCUT2D eigenvalue weighted by molar-refractivity contribution is -0.134. The van der Waals surface area contributed by atoms with E-state index >= 15 is 0 Å². The standard InChI is InChI=1S/C24H25FN6O3S2/c1-16(31-11-10-20-21(25)4-3-5-22(20)31)23(32)30-14-12-29(13-15-30)18-6-8-19(9-7-18)36(33,34)28-24-26-17(2)27-35-24/h3-11,16H,12-15H2,1-2H3,(H,26,27,28)/t16-/m0/s1. The molecule has 1 aliphatic heterocycles. The number of nitrogens with zero attached hydrogens (tertiary/aromatic N) is 5. The molecule has 1 atom stereocenters. The Hall–Kier alpha value is -3.51. The molecule has 188 valence electrons. The van der Waals surface area contributed by atoms with E-state index < -0.39 is 16.1 Å². The fraction of sp³-hybridized carbons (Fsp3) is 0.292. The quantitative estimate of drug-likeness (QED) is 0.410. The summed E-state index contributed by atoms with van der Waals surface area (Å²) in [5.74, 6) is 0.191. The Bertz CT molecular complexity index is 1510. The van der Waals surface area contributed by atoms with Gasteiger partial charge in [0, 0.05) is 55.0 Å². The normalized spacial score (nSPS) is 15.3. The second-order valence-electron chi connectivity index (χ2n) is 8.63. The summed E-state index contributed by atoms with van der Waals surface area (Å²) in [4.78, 5) is 21.3. The lowest BCUT2D eigenvalue weighted by Crippen LogP contribution is -2.50. The van der Waals surface area contributed by atoms with Crippen molar-refractivity contribution in [3.8, 4) is 0 Å². The van der Waals surface area contributed by atoms with Gasteiger partial charge in [0.1, 0.15) is 17.7 Å². The van der Waals surface area contributed by atoms with Crippen molar-refractivity contribution in [2.45, 2.75) is 24.8 Å². The average molecular weight is 529 g/mol. The van der Waals surface area contributed by atoms with Crippen LogP contribution in [0.15, 0.2) is 59.6 Å². The molecular formula is C24H25FN6O3S2. The van der Waals surface area contributed by atoms with E-state index in [2.05, 4.69) is 19.0 Å². The summed E-state index contributed by atoms with van der Waals surface area (Å²) >= 11 is 0.991. The van der Waals surface area contributed by atoms with Crippen molar-refractivity contribution >= 4 is 49.2 Å². The maximum Gasteiger partial charge on any atom is 0.263 e. The molecule has 2 aromatic carbocycles. The zero-order valence-corrected chi connectivity index (χ0v) is 21.4. The van der Waals surface area contributed by atoms with Crippen LogP contribution in [0, 0.1) is 12.7 Å². The van der Waals surface area contributed by atoms with Crippen LogP contribution in [0.4, 0.5) is 15.2 Å². The maximum atomic E-state index is 14.1. The van der Waals surface area contributed by atoms with Gasteiger partial charge in [-0.2, -0.15) is 4.37 Å². The van der Waals surface area contributed by atoms with Gasteiger partial charge in [0.15, 0.2) is 0 Å². The number of amides is 1. The highest BCUT2D eigenvalue weighted by molar-refractivity contribution is 7.93. The van der Waals surface area contributed by atoms with Crippen molar-refractivity contribution in [3.05, 3.63) is 66.4 Å². The third-order valence-electron chi connectivity index (χ3n) is 6.34. The molecule has 0 saturated carbocycles. The molecule has 0 bridgehead atoms. The Morgan fingerprint density at radius 3 is 2.47 bits per heavy atom. The van der Waals surface area contributed by atoms with Gasteiger partial charge in [0.25, 0.3) is 10.0 Å². The summed E-state index contributed by atoms with van der Waals surface area (Å²) in [5.41, 5.74) is 1.58. The molecular weight excluding hydrogens is 503 g/mol. The molecule has 0 radical (unpaired) electrons. The number of benzene rings is 2. The molecule has 0 aliphatic carbocycles. The van der Waals surface area contributed by atoms with E-state index in [-0.39, 0.29) is 21.8 Å². The van der Waals surface area contributed by atoms with Gasteiger partial charge in [-0.15, -0.1) is 0 Å². The number of sulfonamides is 1. The smallest absolute Gasteiger partial charge is 0.263 e. The summed E-state index contributed by atoms with van der Waals surface area (Å²) in [6, 6.07) is 12.8. The van der Waals surface area contributed by atoms with E-state index in [1.165, 1.54) is 6.07 Å². The monoisotopic (exact) mass is 528 g/mol. The molecule has 9 nitrogen and oxygen atoms in total. The van der Waals surface area contributed by atoms with Gasteiger partial charge in [-0.05, 0) is 56.3 Å². The molecule has 12 heteroatoms. The summed E-state index contributed by atoms with van der Waals surface area (Å²) < 4.78 is 47.5. The Labute approximate surface area is 212 Å². The van der Waals surface area contributed by atoms with Crippen LogP contribution in [-0.4, -0.2) is 59.3 Å². The van der Waals surface area contributed by atoms with Gasteiger partial charge in [-0.1, -0.05) is 6.07 Å². The van der Waals surface area contributed by atoms with Crippen LogP contribution in [0.2, 0.25) is 0 Å². The van der Waals surface area contributed by atoms with Crippen molar-refractivity contribution < 1.29 is 17.6 Å². The first kappa shape index (κ1) is 24.2. The van der Waals surface area contributed by atoms with Crippen LogP contribution >= 0.6 is 11.5 Å². The number of halogens is 1. The number of fused-ring (bicyclic) bond motifs is 1. The van der Waals surface area contributed by atoms with Gasteiger partial charge < -0.3 is 14.4 Å². The third-order valence-corrected chi connectivity index (χ3v) is 8.54. The van der Waals surface area contributed by atoms with Crippen LogP contribution in [-0.2, 0) is 14.8 Å². The maximum absolute atomic E-state index is 14.1. The Balaban J connectivity index is 1.22. The molecule has 1 saturated heterocycles. The predicted molar refractivity (Wildman–Crippen MR) is 137 cm³/mol. The van der Waals surface area contributed by atoms with Crippen molar-refractivity contribution in [1.82, 2.24) is 18.8 Å². The molecule has 4 aromatic rings. The minimum absolute atomic E-state index is 0.0177. The Morgan fingerprint density at radius 2 is 1.81 bits per heavy atom. The van der Waals surface area contributed by atoms with Crippen molar-refractivity contribution in [2.75, 3.05) is 35.8 Å². The van der Waals surface area contributed by atoms with E-state index in [0.717, 1.165) is 17.2 Å². The molecule has 0 unspecified atom stereocenters. The van der Waals surface area contributed by atoms with Crippen molar-refractivity contribution in [3.63, 3.8) is 0 Å². The predicted octanol–water partition coefficient (Wildman–Crippen LogP) is 3.65. The second kappa shape index (κ2) is 9.51. The summed E-state index contributed by atoms with van der Waals surface area (Å²) in [6.45, 7) is 5.83. The fourth-order valence-corrected chi connectivity index (χ4v) is 6.20. The molecule has 36 heavy (non-hydrogen) atoms. The summed E-state index contributed by atoms with van der Waals surface area (Å²) in [6.07, 6.45) is 1.75. The molecule has 1 fully saturated rings. The lowest BCUT2D eigenvalue weighted by Gasteiger charge is -2.37. The van der Waals surface area contributed by atoms with E-state index in [1.807, 2.05) is 22.5 Å². The third kappa shape index (κ3) is 4.65. The number of hydrogen-bond acceptors (Lipinski definition) is 7. The number of carbonyl (C=O) groups is 1. The minimum Gasteiger partial charge on any atom is -0.368 e.